The van der Waals surface area contributed by atoms with Gasteiger partial charge in [-0.25, -0.2) is 0 Å². The van der Waals surface area contributed by atoms with E-state index >= 15 is 0 Å². The summed E-state index contributed by atoms with van der Waals surface area (Å²) < 4.78 is 0. The molecule has 0 bridgehead atoms. The van der Waals surface area contributed by atoms with Crippen LogP contribution >= 0.6 is 0 Å². The van der Waals surface area contributed by atoms with Crippen LogP contribution in [0.3, 0.4) is 0 Å². The molecule has 0 saturated heterocycles. The minimum Gasteiger partial charge on any atom is -0.309 e. The van der Waals surface area contributed by atoms with E-state index < -0.39 is 0 Å². The molecule has 8 atom stereocenters. The fraction of sp³-hybridized carbons (Fsp3) is 1.00. The Hall–Kier alpha value is -0.0800. The van der Waals surface area contributed by atoms with Crippen molar-refractivity contribution in [1.82, 2.24) is 10.6 Å². The maximum Gasteiger partial charge on any atom is 0.0224 e. The van der Waals surface area contributed by atoms with Crippen LogP contribution in [-0.2, 0) is 0 Å². The number of rotatable bonds is 4. The molecule has 2 nitrogen and oxygen atoms in total. The Morgan fingerprint density at radius 3 is 1.29 bits per heavy atom. The van der Waals surface area contributed by atoms with Crippen LogP contribution in [0, 0.1) is 23.7 Å². The number of hydrogen-bond donors (Lipinski definition) is 2. The quantitative estimate of drug-likeness (QED) is 0.745. The summed E-state index contributed by atoms with van der Waals surface area (Å²) in [5, 5.41) is 8.26. The summed E-state index contributed by atoms with van der Waals surface area (Å²) in [5.74, 6) is 3.57. The zero-order valence-corrected chi connectivity index (χ0v) is 16.7. The van der Waals surface area contributed by atoms with Gasteiger partial charge in [-0.2, -0.15) is 0 Å². The van der Waals surface area contributed by atoms with Gasteiger partial charge in [0.25, 0.3) is 0 Å². The van der Waals surface area contributed by atoms with Crippen LogP contribution < -0.4 is 10.6 Å². The minimum atomic E-state index is 0.714. The molecule has 140 valence electrons. The van der Waals surface area contributed by atoms with E-state index in [1.165, 1.54) is 64.2 Å². The van der Waals surface area contributed by atoms with Gasteiger partial charge in [0, 0.05) is 24.2 Å². The van der Waals surface area contributed by atoms with E-state index in [0.717, 1.165) is 35.8 Å². The fourth-order valence-corrected chi connectivity index (χ4v) is 5.91. The largest absolute Gasteiger partial charge is 0.309 e. The topological polar surface area (TPSA) is 24.1 Å². The van der Waals surface area contributed by atoms with Gasteiger partial charge in [0.15, 0.2) is 0 Å². The van der Waals surface area contributed by atoms with E-state index in [4.69, 9.17) is 0 Å². The van der Waals surface area contributed by atoms with Crippen molar-refractivity contribution < 1.29 is 0 Å². The molecule has 0 aromatic heterocycles. The van der Waals surface area contributed by atoms with E-state index in [9.17, 15) is 0 Å². The molecule has 0 aromatic carbocycles. The smallest absolute Gasteiger partial charge is 0.0224 e. The van der Waals surface area contributed by atoms with Crippen LogP contribution in [-0.4, -0.2) is 24.2 Å². The first-order valence-corrected chi connectivity index (χ1v) is 11.0. The lowest BCUT2D eigenvalue weighted by molar-refractivity contribution is 0.153. The Balaban J connectivity index is 1.55. The van der Waals surface area contributed by atoms with Crippen molar-refractivity contribution in [2.45, 2.75) is 116 Å². The van der Waals surface area contributed by atoms with Gasteiger partial charge in [-0.15, -0.1) is 0 Å². The van der Waals surface area contributed by atoms with Crippen molar-refractivity contribution in [3.8, 4) is 0 Å². The highest BCUT2D eigenvalue weighted by Gasteiger charge is 2.34. The first-order valence-electron chi connectivity index (χ1n) is 11.0. The predicted molar refractivity (Wildman–Crippen MR) is 104 cm³/mol. The molecular weight excluding hydrogens is 292 g/mol. The lowest BCUT2D eigenvalue weighted by Gasteiger charge is -2.43. The Morgan fingerprint density at radius 2 is 0.917 bits per heavy atom. The predicted octanol–water partition coefficient (Wildman–Crippen LogP) is 5.13. The van der Waals surface area contributed by atoms with Crippen molar-refractivity contribution in [2.75, 3.05) is 0 Å². The van der Waals surface area contributed by atoms with E-state index in [1.54, 1.807) is 0 Å². The van der Waals surface area contributed by atoms with E-state index in [-0.39, 0.29) is 0 Å². The third-order valence-electron chi connectivity index (χ3n) is 7.49. The van der Waals surface area contributed by atoms with Crippen molar-refractivity contribution in [2.24, 2.45) is 23.7 Å². The molecule has 8 unspecified atom stereocenters. The first kappa shape index (κ1) is 18.7. The third-order valence-corrected chi connectivity index (χ3v) is 7.49. The molecular formula is C22H42N2. The van der Waals surface area contributed by atoms with Crippen LogP contribution in [0.5, 0.6) is 0 Å². The molecule has 0 radical (unpaired) electrons. The molecule has 0 aliphatic heterocycles. The Kier molecular flexibility index (Phi) is 6.65. The van der Waals surface area contributed by atoms with Gasteiger partial charge >= 0.3 is 0 Å². The zero-order valence-electron chi connectivity index (χ0n) is 16.7. The van der Waals surface area contributed by atoms with Gasteiger partial charge in [0.2, 0.25) is 0 Å². The summed E-state index contributed by atoms with van der Waals surface area (Å²) in [7, 11) is 0. The van der Waals surface area contributed by atoms with E-state index in [1.807, 2.05) is 0 Å². The van der Waals surface area contributed by atoms with Gasteiger partial charge in [-0.1, -0.05) is 40.5 Å². The summed E-state index contributed by atoms with van der Waals surface area (Å²) in [6.45, 7) is 9.82. The first-order chi connectivity index (χ1) is 11.5. The number of hydrogen-bond acceptors (Lipinski definition) is 2. The van der Waals surface area contributed by atoms with E-state index in [0.29, 0.717) is 12.1 Å². The fourth-order valence-electron chi connectivity index (χ4n) is 5.91. The molecule has 0 amide bonds. The molecule has 3 fully saturated rings. The van der Waals surface area contributed by atoms with Gasteiger partial charge in [-0.3, -0.25) is 0 Å². The third kappa shape index (κ3) is 4.75. The molecule has 24 heavy (non-hydrogen) atoms. The van der Waals surface area contributed by atoms with Crippen molar-refractivity contribution in [1.29, 1.82) is 0 Å². The molecule has 0 heterocycles. The van der Waals surface area contributed by atoms with Gasteiger partial charge in [-0.05, 0) is 75.0 Å². The molecule has 2 N–H and O–H groups in total. The molecule has 3 saturated carbocycles. The van der Waals surface area contributed by atoms with Crippen LogP contribution in [0.25, 0.3) is 0 Å². The van der Waals surface area contributed by atoms with E-state index in [2.05, 4.69) is 38.3 Å². The molecule has 2 heteroatoms. The highest BCUT2D eigenvalue weighted by atomic mass is 15.1. The number of nitrogens with one attached hydrogen (secondary N) is 2. The minimum absolute atomic E-state index is 0.714. The Labute approximate surface area is 150 Å². The maximum atomic E-state index is 4.13. The summed E-state index contributed by atoms with van der Waals surface area (Å²) >= 11 is 0. The molecule has 0 spiro atoms. The Morgan fingerprint density at radius 1 is 0.500 bits per heavy atom. The van der Waals surface area contributed by atoms with Gasteiger partial charge < -0.3 is 10.6 Å². The SMILES string of the molecule is CC1CCC(NC2CCCCC2NC2CCC(C)CC2C)C(C)C1. The second kappa shape index (κ2) is 8.54. The molecule has 3 aliphatic carbocycles. The summed E-state index contributed by atoms with van der Waals surface area (Å²) in [4.78, 5) is 0. The van der Waals surface area contributed by atoms with Crippen LogP contribution in [0.15, 0.2) is 0 Å². The highest BCUT2D eigenvalue weighted by Crippen LogP contribution is 2.32. The monoisotopic (exact) mass is 334 g/mol. The Bertz CT molecular complexity index is 346. The standard InChI is InChI=1S/C22H42N2/c1-15-9-11-19(17(3)13-15)23-21-7-5-6-8-22(21)24-20-12-10-16(2)14-18(20)4/h15-24H,5-14H2,1-4H3. The zero-order chi connectivity index (χ0) is 17.1. The summed E-state index contributed by atoms with van der Waals surface area (Å²) in [5.41, 5.74) is 0. The summed E-state index contributed by atoms with van der Waals surface area (Å²) in [6, 6.07) is 2.95. The average molecular weight is 335 g/mol. The van der Waals surface area contributed by atoms with Crippen molar-refractivity contribution in [3.05, 3.63) is 0 Å². The van der Waals surface area contributed by atoms with Crippen LogP contribution in [0.1, 0.15) is 91.9 Å². The van der Waals surface area contributed by atoms with Crippen LogP contribution in [0.4, 0.5) is 0 Å². The van der Waals surface area contributed by atoms with Gasteiger partial charge in [0.1, 0.15) is 0 Å². The molecule has 0 aromatic rings. The van der Waals surface area contributed by atoms with Crippen molar-refractivity contribution in [3.63, 3.8) is 0 Å². The lowest BCUT2D eigenvalue weighted by atomic mass is 9.77. The normalized spacial score (nSPS) is 47.5. The lowest BCUT2D eigenvalue weighted by Crippen LogP contribution is -2.58. The second-order valence-electron chi connectivity index (χ2n) is 9.83. The molecule has 3 aliphatic rings. The maximum absolute atomic E-state index is 4.13. The molecule has 3 rings (SSSR count). The second-order valence-corrected chi connectivity index (χ2v) is 9.83. The van der Waals surface area contributed by atoms with Gasteiger partial charge in [0.05, 0.1) is 0 Å². The van der Waals surface area contributed by atoms with Crippen LogP contribution in [0.2, 0.25) is 0 Å². The summed E-state index contributed by atoms with van der Waals surface area (Å²) in [6.07, 6.45) is 14.1. The van der Waals surface area contributed by atoms with Crippen molar-refractivity contribution >= 4 is 0 Å². The average Bonchev–Trinajstić information content (AvgIpc) is 2.54. The highest BCUT2D eigenvalue weighted by molar-refractivity contribution is 4.94.